The Hall–Kier alpha value is -1.60. The summed E-state index contributed by atoms with van der Waals surface area (Å²) in [5.41, 5.74) is 2.39. The fourth-order valence-electron chi connectivity index (χ4n) is 2.47. The van der Waals surface area contributed by atoms with E-state index in [1.54, 1.807) is 0 Å². The van der Waals surface area contributed by atoms with E-state index in [0.29, 0.717) is 11.6 Å². The SMILES string of the molecule is Cc1ncc2c(c1C#N)O[C@H]1CC[C@@H]2NC1. The number of aromatic nitrogens is 1. The maximum absolute atomic E-state index is 9.17. The molecule has 3 aliphatic rings. The van der Waals surface area contributed by atoms with E-state index < -0.39 is 0 Å². The lowest BCUT2D eigenvalue weighted by Gasteiger charge is -2.23. The molecule has 1 N–H and O–H groups in total. The van der Waals surface area contributed by atoms with Crippen molar-refractivity contribution in [1.29, 1.82) is 5.26 Å². The van der Waals surface area contributed by atoms with Crippen molar-refractivity contribution in [3.63, 3.8) is 0 Å². The average Bonchev–Trinajstić information content (AvgIpc) is 2.58. The number of pyridine rings is 1. The van der Waals surface area contributed by atoms with E-state index in [4.69, 9.17) is 10.00 Å². The Bertz CT molecular complexity index is 470. The molecule has 0 unspecified atom stereocenters. The predicted molar refractivity (Wildman–Crippen MR) is 58.1 cm³/mol. The summed E-state index contributed by atoms with van der Waals surface area (Å²) < 4.78 is 5.93. The predicted octanol–water partition coefficient (Wildman–Crippen LogP) is 1.45. The van der Waals surface area contributed by atoms with Crippen LogP contribution in [0.25, 0.3) is 0 Å². The van der Waals surface area contributed by atoms with E-state index in [2.05, 4.69) is 16.4 Å². The molecule has 0 amide bonds. The second-order valence-corrected chi connectivity index (χ2v) is 4.39. The third kappa shape index (κ3) is 1.29. The first-order valence-electron chi connectivity index (χ1n) is 5.59. The van der Waals surface area contributed by atoms with Gasteiger partial charge in [0.2, 0.25) is 0 Å². The number of ether oxygens (including phenoxy) is 1. The zero-order valence-corrected chi connectivity index (χ0v) is 9.16. The molecule has 3 aliphatic heterocycles. The Morgan fingerprint density at radius 2 is 2.44 bits per heavy atom. The van der Waals surface area contributed by atoms with Crippen molar-refractivity contribution >= 4 is 0 Å². The molecule has 4 rings (SSSR count). The van der Waals surface area contributed by atoms with Crippen LogP contribution in [0.3, 0.4) is 0 Å². The van der Waals surface area contributed by atoms with Crippen molar-refractivity contribution in [3.8, 4) is 11.8 Å². The molecule has 1 saturated heterocycles. The van der Waals surface area contributed by atoms with Gasteiger partial charge in [0, 0.05) is 24.3 Å². The van der Waals surface area contributed by atoms with Gasteiger partial charge in [-0.3, -0.25) is 4.98 Å². The quantitative estimate of drug-likeness (QED) is 0.711. The lowest BCUT2D eigenvalue weighted by Crippen LogP contribution is -2.36. The number of nitrogens with zero attached hydrogens (tertiary/aromatic N) is 2. The zero-order chi connectivity index (χ0) is 11.1. The van der Waals surface area contributed by atoms with Gasteiger partial charge < -0.3 is 10.1 Å². The molecule has 0 aromatic carbocycles. The molecule has 1 aromatic heterocycles. The number of rotatable bonds is 0. The van der Waals surface area contributed by atoms with Crippen molar-refractivity contribution in [2.24, 2.45) is 0 Å². The van der Waals surface area contributed by atoms with Crippen LogP contribution in [-0.2, 0) is 0 Å². The van der Waals surface area contributed by atoms with Crippen LogP contribution in [0.4, 0.5) is 0 Å². The largest absolute Gasteiger partial charge is 0.487 e. The molecule has 0 aliphatic carbocycles. The van der Waals surface area contributed by atoms with Crippen molar-refractivity contribution in [3.05, 3.63) is 23.0 Å². The first kappa shape index (κ1) is 9.61. The van der Waals surface area contributed by atoms with Crippen LogP contribution in [0, 0.1) is 18.3 Å². The average molecular weight is 215 g/mol. The molecule has 4 nitrogen and oxygen atoms in total. The summed E-state index contributed by atoms with van der Waals surface area (Å²) in [6, 6.07) is 2.50. The van der Waals surface area contributed by atoms with E-state index >= 15 is 0 Å². The third-order valence-electron chi connectivity index (χ3n) is 3.39. The van der Waals surface area contributed by atoms with Crippen LogP contribution in [0.15, 0.2) is 6.20 Å². The minimum absolute atomic E-state index is 0.200. The van der Waals surface area contributed by atoms with Crippen LogP contribution >= 0.6 is 0 Å². The van der Waals surface area contributed by atoms with Gasteiger partial charge in [-0.2, -0.15) is 5.26 Å². The lowest BCUT2D eigenvalue weighted by molar-refractivity contribution is 0.171. The zero-order valence-electron chi connectivity index (χ0n) is 9.16. The molecule has 2 atom stereocenters. The van der Waals surface area contributed by atoms with Crippen LogP contribution in [-0.4, -0.2) is 17.6 Å². The summed E-state index contributed by atoms with van der Waals surface area (Å²) in [5, 5.41) is 12.6. The molecule has 4 heteroatoms. The fourth-order valence-corrected chi connectivity index (χ4v) is 2.47. The van der Waals surface area contributed by atoms with Gasteiger partial charge in [-0.25, -0.2) is 0 Å². The molecular weight excluding hydrogens is 202 g/mol. The van der Waals surface area contributed by atoms with Gasteiger partial charge in [0.15, 0.2) is 0 Å². The third-order valence-corrected chi connectivity index (χ3v) is 3.39. The topological polar surface area (TPSA) is 57.9 Å². The summed E-state index contributed by atoms with van der Waals surface area (Å²) in [4.78, 5) is 4.28. The number of hydrogen-bond acceptors (Lipinski definition) is 4. The van der Waals surface area contributed by atoms with Gasteiger partial charge in [0.25, 0.3) is 0 Å². The number of nitriles is 1. The number of piperidine rings is 1. The number of hydrogen-bond donors (Lipinski definition) is 1. The standard InChI is InChI=1S/C12H13N3O/c1-7-9(4-13)12-10(6-14-7)11-3-2-8(16-12)5-15-11/h6,8,11,15H,2-3,5H2,1H3/t8-,11-/m0/s1. The highest BCUT2D eigenvalue weighted by molar-refractivity contribution is 5.52. The van der Waals surface area contributed by atoms with E-state index in [-0.39, 0.29) is 6.10 Å². The fraction of sp³-hybridized carbons (Fsp3) is 0.500. The van der Waals surface area contributed by atoms with Crippen molar-refractivity contribution in [2.75, 3.05) is 6.54 Å². The summed E-state index contributed by atoms with van der Waals surface area (Å²) >= 11 is 0. The molecule has 1 fully saturated rings. The Morgan fingerprint density at radius 3 is 3.12 bits per heavy atom. The summed E-state index contributed by atoms with van der Waals surface area (Å²) in [5.74, 6) is 0.757. The molecule has 0 spiro atoms. The van der Waals surface area contributed by atoms with Crippen LogP contribution in [0.1, 0.15) is 35.7 Å². The van der Waals surface area contributed by atoms with Crippen LogP contribution < -0.4 is 10.1 Å². The van der Waals surface area contributed by atoms with Crippen LogP contribution in [0.5, 0.6) is 5.75 Å². The second kappa shape index (κ2) is 3.46. The molecule has 1 aromatic rings. The highest BCUT2D eigenvalue weighted by atomic mass is 16.5. The Balaban J connectivity index is 2.20. The van der Waals surface area contributed by atoms with Crippen LogP contribution in [0.2, 0.25) is 0 Å². The first-order valence-corrected chi connectivity index (χ1v) is 5.59. The second-order valence-electron chi connectivity index (χ2n) is 4.39. The van der Waals surface area contributed by atoms with Gasteiger partial charge in [-0.15, -0.1) is 0 Å². The number of aryl methyl sites for hydroxylation is 1. The minimum Gasteiger partial charge on any atom is -0.487 e. The highest BCUT2D eigenvalue weighted by Gasteiger charge is 2.32. The summed E-state index contributed by atoms with van der Waals surface area (Å²) in [6.45, 7) is 2.71. The molecule has 82 valence electrons. The first-order chi connectivity index (χ1) is 7.79. The normalized spacial score (nSPS) is 26.5. The Kier molecular flexibility index (Phi) is 2.08. The van der Waals surface area contributed by atoms with Gasteiger partial charge >= 0.3 is 0 Å². The highest BCUT2D eigenvalue weighted by Crippen LogP contribution is 2.38. The molecule has 16 heavy (non-hydrogen) atoms. The Labute approximate surface area is 94.2 Å². The maximum Gasteiger partial charge on any atom is 0.145 e. The van der Waals surface area contributed by atoms with E-state index in [0.717, 1.165) is 36.4 Å². The van der Waals surface area contributed by atoms with Crippen molar-refractivity contribution < 1.29 is 4.74 Å². The van der Waals surface area contributed by atoms with Crippen molar-refractivity contribution in [1.82, 2.24) is 10.3 Å². The summed E-state index contributed by atoms with van der Waals surface area (Å²) in [7, 11) is 0. The van der Waals surface area contributed by atoms with Gasteiger partial charge in [-0.1, -0.05) is 0 Å². The molecule has 4 heterocycles. The van der Waals surface area contributed by atoms with E-state index in [1.165, 1.54) is 0 Å². The van der Waals surface area contributed by atoms with Gasteiger partial charge in [-0.05, 0) is 19.8 Å². The maximum atomic E-state index is 9.17. The molecular formula is C12H13N3O. The molecule has 2 bridgehead atoms. The minimum atomic E-state index is 0.200. The van der Waals surface area contributed by atoms with Gasteiger partial charge in [0.05, 0.1) is 5.69 Å². The Morgan fingerprint density at radius 1 is 1.56 bits per heavy atom. The van der Waals surface area contributed by atoms with Crippen molar-refractivity contribution in [2.45, 2.75) is 31.9 Å². The van der Waals surface area contributed by atoms with Gasteiger partial charge in [0.1, 0.15) is 23.5 Å². The van der Waals surface area contributed by atoms with E-state index in [9.17, 15) is 0 Å². The summed E-state index contributed by atoms with van der Waals surface area (Å²) in [6.07, 6.45) is 4.16. The van der Waals surface area contributed by atoms with E-state index in [1.807, 2.05) is 13.1 Å². The number of nitrogens with one attached hydrogen (secondary N) is 1. The molecule has 0 radical (unpaired) electrons. The monoisotopic (exact) mass is 215 g/mol. The molecule has 0 saturated carbocycles. The smallest absolute Gasteiger partial charge is 0.145 e. The lowest BCUT2D eigenvalue weighted by atomic mass is 9.97. The number of fused-ring (bicyclic) bond motifs is 2.